The lowest BCUT2D eigenvalue weighted by molar-refractivity contribution is 1.27. The fraction of sp³-hybridized carbons (Fsp3) is 0.0286. The number of hydrogen-bond acceptors (Lipinski definition) is 7. The molecule has 0 saturated carbocycles. The van der Waals surface area contributed by atoms with Gasteiger partial charge in [0.05, 0.1) is 35.5 Å². The number of hydrogen-bond donors (Lipinski definition) is 0. The zero-order valence-electron chi connectivity index (χ0n) is 21.9. The number of thiophene rings is 1. The van der Waals surface area contributed by atoms with Gasteiger partial charge < -0.3 is 0 Å². The van der Waals surface area contributed by atoms with Crippen LogP contribution in [0.5, 0.6) is 0 Å². The highest BCUT2D eigenvalue weighted by atomic mass is 32.1. The molecule has 3 heterocycles. The summed E-state index contributed by atoms with van der Waals surface area (Å²) in [6.07, 6.45) is 3.44. The summed E-state index contributed by atoms with van der Waals surface area (Å²) in [5, 5.41) is 39.7. The van der Waals surface area contributed by atoms with Crippen molar-refractivity contribution in [3.05, 3.63) is 117 Å². The average molecular weight is 553 g/mol. The first-order valence-electron chi connectivity index (χ1n) is 13.0. The lowest BCUT2D eigenvalue weighted by Gasteiger charge is -2.09. The number of rotatable bonds is 3. The molecule has 7 rings (SSSR count). The predicted octanol–water partition coefficient (Wildman–Crippen LogP) is 7.92. The molecule has 0 fully saturated rings. The van der Waals surface area contributed by atoms with Crippen molar-refractivity contribution in [1.82, 2.24) is 9.97 Å². The molecule has 0 saturated heterocycles. The van der Waals surface area contributed by atoms with Gasteiger partial charge in [-0.05, 0) is 58.7 Å². The number of nitrogens with zero attached hydrogens (tertiary/aromatic N) is 6. The van der Waals surface area contributed by atoms with Crippen LogP contribution < -0.4 is 0 Å². The molecule has 5 aromatic rings. The molecule has 0 N–H and O–H groups in total. The quantitative estimate of drug-likeness (QED) is 0.205. The van der Waals surface area contributed by atoms with Gasteiger partial charge in [-0.15, -0.1) is 11.3 Å². The Hall–Kier alpha value is -6.12. The number of aromatic nitrogens is 2. The summed E-state index contributed by atoms with van der Waals surface area (Å²) in [5.41, 5.74) is 10.6. The SMILES string of the molecule is N#CC/C(C#N)=C1/c2cc(-c3ccccn3)ccc2-c2c1sc1c2-c2ccc(-c3ccccn3)cc2C1=C(C#N)C#N. The van der Waals surface area contributed by atoms with Crippen molar-refractivity contribution in [2.24, 2.45) is 0 Å². The normalized spacial score (nSPS) is 13.0. The summed E-state index contributed by atoms with van der Waals surface area (Å²) >= 11 is 1.46. The minimum Gasteiger partial charge on any atom is -0.256 e. The van der Waals surface area contributed by atoms with Crippen molar-refractivity contribution in [3.63, 3.8) is 0 Å². The van der Waals surface area contributed by atoms with E-state index in [9.17, 15) is 21.0 Å². The molecular weight excluding hydrogens is 536 g/mol. The van der Waals surface area contributed by atoms with Gasteiger partial charge in [-0.25, -0.2) is 0 Å². The Labute approximate surface area is 245 Å². The van der Waals surface area contributed by atoms with Crippen LogP contribution in [-0.2, 0) is 0 Å². The van der Waals surface area contributed by atoms with E-state index in [0.717, 1.165) is 71.2 Å². The first-order chi connectivity index (χ1) is 20.7. The molecule has 2 aliphatic carbocycles. The van der Waals surface area contributed by atoms with E-state index < -0.39 is 0 Å². The Morgan fingerprint density at radius 1 is 0.619 bits per heavy atom. The maximum Gasteiger partial charge on any atom is 0.138 e. The van der Waals surface area contributed by atoms with Gasteiger partial charge in [-0.1, -0.05) is 36.4 Å². The molecule has 0 spiro atoms. The Kier molecular flexibility index (Phi) is 5.81. The molecule has 7 heteroatoms. The number of fused-ring (bicyclic) bond motifs is 7. The van der Waals surface area contributed by atoms with Crippen LogP contribution in [-0.4, -0.2) is 9.97 Å². The second-order valence-corrected chi connectivity index (χ2v) is 10.8. The largest absolute Gasteiger partial charge is 0.256 e. The fourth-order valence-corrected chi connectivity index (χ4v) is 7.29. The van der Waals surface area contributed by atoms with Crippen molar-refractivity contribution < 1.29 is 0 Å². The van der Waals surface area contributed by atoms with E-state index in [4.69, 9.17) is 0 Å². The minimum absolute atomic E-state index is 0.0295. The van der Waals surface area contributed by atoms with Gasteiger partial charge in [0.15, 0.2) is 0 Å². The monoisotopic (exact) mass is 552 g/mol. The molecule has 0 atom stereocenters. The molecule has 2 aromatic carbocycles. The van der Waals surface area contributed by atoms with Crippen LogP contribution in [0.3, 0.4) is 0 Å². The summed E-state index contributed by atoms with van der Waals surface area (Å²) in [4.78, 5) is 10.7. The molecule has 3 aromatic heterocycles. The standard InChI is InChI=1S/C35H16N6S/c36-12-11-22(17-37)30-26-15-20(28-5-1-3-13-40-28)7-9-24(26)32-33-25-10-8-21(29-6-2-4-14-41-29)16-27(25)31(23(18-38)19-39)35(33)42-34(30)32/h1-10,13-16H,11H2/b30-22+. The second kappa shape index (κ2) is 9.81. The lowest BCUT2D eigenvalue weighted by Crippen LogP contribution is -1.91. The summed E-state index contributed by atoms with van der Waals surface area (Å²) in [6, 6.07) is 32.2. The van der Waals surface area contributed by atoms with Crippen LogP contribution in [0.2, 0.25) is 0 Å². The molecule has 2 aliphatic rings. The van der Waals surface area contributed by atoms with Gasteiger partial charge in [0.2, 0.25) is 0 Å². The van der Waals surface area contributed by atoms with Gasteiger partial charge in [0.1, 0.15) is 17.7 Å². The van der Waals surface area contributed by atoms with Crippen LogP contribution in [0, 0.1) is 45.3 Å². The first-order valence-corrected chi connectivity index (χ1v) is 13.8. The summed E-state index contributed by atoms with van der Waals surface area (Å²) < 4.78 is 0. The van der Waals surface area contributed by atoms with E-state index in [0.29, 0.717) is 11.1 Å². The van der Waals surface area contributed by atoms with Crippen molar-refractivity contribution in [2.45, 2.75) is 6.42 Å². The van der Waals surface area contributed by atoms with E-state index in [-0.39, 0.29) is 12.0 Å². The van der Waals surface area contributed by atoms with E-state index in [2.05, 4.69) is 34.2 Å². The lowest BCUT2D eigenvalue weighted by atomic mass is 9.95. The maximum atomic E-state index is 10.1. The van der Waals surface area contributed by atoms with E-state index in [1.807, 2.05) is 72.8 Å². The van der Waals surface area contributed by atoms with Gasteiger partial charge in [0, 0.05) is 55.5 Å². The summed E-state index contributed by atoms with van der Waals surface area (Å²) in [5.74, 6) is 0. The molecule has 0 aliphatic heterocycles. The third-order valence-electron chi connectivity index (χ3n) is 7.57. The molecule has 0 unspecified atom stereocenters. The maximum absolute atomic E-state index is 10.1. The summed E-state index contributed by atoms with van der Waals surface area (Å²) in [6.45, 7) is 0. The topological polar surface area (TPSA) is 121 Å². The highest BCUT2D eigenvalue weighted by Crippen LogP contribution is 2.61. The zero-order valence-corrected chi connectivity index (χ0v) is 22.7. The molecule has 0 amide bonds. The van der Waals surface area contributed by atoms with Gasteiger partial charge >= 0.3 is 0 Å². The Morgan fingerprint density at radius 2 is 1.17 bits per heavy atom. The highest BCUT2D eigenvalue weighted by Gasteiger charge is 2.39. The zero-order chi connectivity index (χ0) is 28.8. The Balaban J connectivity index is 1.54. The predicted molar refractivity (Wildman–Crippen MR) is 161 cm³/mol. The number of benzene rings is 2. The number of nitriles is 4. The van der Waals surface area contributed by atoms with Crippen molar-refractivity contribution in [1.29, 1.82) is 21.0 Å². The van der Waals surface area contributed by atoms with Gasteiger partial charge in [-0.3, -0.25) is 9.97 Å². The van der Waals surface area contributed by atoms with Gasteiger partial charge in [0.25, 0.3) is 0 Å². The van der Waals surface area contributed by atoms with Crippen molar-refractivity contribution in [3.8, 4) is 69.0 Å². The van der Waals surface area contributed by atoms with E-state index >= 15 is 0 Å². The van der Waals surface area contributed by atoms with Crippen molar-refractivity contribution in [2.75, 3.05) is 0 Å². The average Bonchev–Trinajstić information content (AvgIpc) is 3.67. The third-order valence-corrected chi connectivity index (χ3v) is 8.79. The highest BCUT2D eigenvalue weighted by molar-refractivity contribution is 7.16. The van der Waals surface area contributed by atoms with Crippen molar-refractivity contribution >= 4 is 22.5 Å². The minimum atomic E-state index is -0.0323. The number of allylic oxidation sites excluding steroid dienone is 2. The van der Waals surface area contributed by atoms with Crippen LogP contribution in [0.25, 0.3) is 55.9 Å². The van der Waals surface area contributed by atoms with E-state index in [1.165, 1.54) is 11.3 Å². The van der Waals surface area contributed by atoms with Gasteiger partial charge in [-0.2, -0.15) is 21.0 Å². The first kappa shape index (κ1) is 24.9. The third kappa shape index (κ3) is 3.60. The Morgan fingerprint density at radius 3 is 1.64 bits per heavy atom. The molecule has 6 nitrogen and oxygen atoms in total. The summed E-state index contributed by atoms with van der Waals surface area (Å²) in [7, 11) is 0. The fourth-order valence-electron chi connectivity index (χ4n) is 5.81. The van der Waals surface area contributed by atoms with E-state index in [1.54, 1.807) is 12.4 Å². The van der Waals surface area contributed by atoms with Crippen LogP contribution >= 0.6 is 11.3 Å². The second-order valence-electron chi connectivity index (χ2n) is 9.73. The molecule has 192 valence electrons. The van der Waals surface area contributed by atoms with Crippen LogP contribution in [0.4, 0.5) is 0 Å². The Bertz CT molecular complexity index is 2180. The smallest absolute Gasteiger partial charge is 0.138 e. The van der Waals surface area contributed by atoms with Crippen LogP contribution in [0.1, 0.15) is 27.3 Å². The van der Waals surface area contributed by atoms with Crippen LogP contribution in [0.15, 0.2) is 96.3 Å². The molecule has 0 bridgehead atoms. The molecular formula is C35H16N6S. The number of pyridine rings is 2. The molecule has 0 radical (unpaired) electrons. The molecule has 42 heavy (non-hydrogen) atoms.